The molecule has 1 fully saturated rings. The Morgan fingerprint density at radius 2 is 1.71 bits per heavy atom. The molecular weight excluding hydrogens is 454 g/mol. The molecule has 3 aromatic rings. The highest BCUT2D eigenvalue weighted by molar-refractivity contribution is 9.10. The van der Waals surface area contributed by atoms with E-state index in [0.29, 0.717) is 5.56 Å². The maximum absolute atomic E-state index is 12.9. The Balaban J connectivity index is 1.70. The van der Waals surface area contributed by atoms with Crippen molar-refractivity contribution in [3.63, 3.8) is 0 Å². The van der Waals surface area contributed by atoms with Crippen LogP contribution in [0, 0.1) is 13.8 Å². The standard InChI is InChI=1S/C25H22BrN3O2/c1-16-6-10-19(11-7-16)23-22(27-24(30)20-5-3-4-17(2)14-20)25(31)28-29(23)15-18-8-12-21(26)13-9-18/h3-15,22-23H,1-2H3,(H-,27,28,30,31)/p+1/b29-15-/t22-,23+/m0/s1. The maximum Gasteiger partial charge on any atom is 0.304 e. The molecule has 0 aliphatic carbocycles. The summed E-state index contributed by atoms with van der Waals surface area (Å²) >= 11 is 3.44. The van der Waals surface area contributed by atoms with Crippen molar-refractivity contribution in [1.29, 1.82) is 0 Å². The average molecular weight is 477 g/mol. The van der Waals surface area contributed by atoms with Crippen molar-refractivity contribution in [2.45, 2.75) is 25.9 Å². The number of hydrazine groups is 1. The summed E-state index contributed by atoms with van der Waals surface area (Å²) in [6.45, 7) is 3.95. The van der Waals surface area contributed by atoms with E-state index in [2.05, 4.69) is 26.7 Å². The van der Waals surface area contributed by atoms with Gasteiger partial charge < -0.3 is 5.32 Å². The zero-order chi connectivity index (χ0) is 22.0. The Morgan fingerprint density at radius 1 is 1.00 bits per heavy atom. The summed E-state index contributed by atoms with van der Waals surface area (Å²) in [5.41, 5.74) is 7.44. The van der Waals surface area contributed by atoms with Gasteiger partial charge in [0.2, 0.25) is 12.3 Å². The average Bonchev–Trinajstić information content (AvgIpc) is 3.05. The largest absolute Gasteiger partial charge is 0.334 e. The van der Waals surface area contributed by atoms with E-state index < -0.39 is 6.04 Å². The molecule has 31 heavy (non-hydrogen) atoms. The van der Waals surface area contributed by atoms with Crippen molar-refractivity contribution in [2.24, 2.45) is 0 Å². The van der Waals surface area contributed by atoms with Crippen molar-refractivity contribution in [1.82, 2.24) is 10.7 Å². The predicted molar refractivity (Wildman–Crippen MR) is 124 cm³/mol. The van der Waals surface area contributed by atoms with Gasteiger partial charge in [0.25, 0.3) is 5.91 Å². The minimum Gasteiger partial charge on any atom is -0.334 e. The monoisotopic (exact) mass is 476 g/mol. The normalized spacial score (nSPS) is 19.3. The van der Waals surface area contributed by atoms with E-state index in [0.717, 1.165) is 26.7 Å². The van der Waals surface area contributed by atoms with E-state index in [4.69, 9.17) is 0 Å². The Bertz CT molecular complexity index is 1150. The Morgan fingerprint density at radius 3 is 2.39 bits per heavy atom. The van der Waals surface area contributed by atoms with Crippen LogP contribution in [-0.2, 0) is 4.79 Å². The number of nitrogens with one attached hydrogen (secondary N) is 2. The van der Waals surface area contributed by atoms with Crippen molar-refractivity contribution in [3.05, 3.63) is 105 Å². The van der Waals surface area contributed by atoms with Gasteiger partial charge in [-0.25, -0.2) is 0 Å². The molecule has 2 amide bonds. The van der Waals surface area contributed by atoms with Gasteiger partial charge in [0.1, 0.15) is 0 Å². The molecule has 156 valence electrons. The lowest BCUT2D eigenvalue weighted by Gasteiger charge is -2.15. The summed E-state index contributed by atoms with van der Waals surface area (Å²) in [5, 5.41) is 2.94. The molecule has 5 nitrogen and oxygen atoms in total. The number of hydrogen-bond donors (Lipinski definition) is 2. The summed E-state index contributed by atoms with van der Waals surface area (Å²) < 4.78 is 2.76. The van der Waals surface area contributed by atoms with Crippen molar-refractivity contribution in [2.75, 3.05) is 0 Å². The maximum atomic E-state index is 12.9. The fraction of sp³-hybridized carbons (Fsp3) is 0.160. The molecule has 1 saturated heterocycles. The fourth-order valence-electron chi connectivity index (χ4n) is 3.66. The van der Waals surface area contributed by atoms with Crippen LogP contribution in [0.1, 0.15) is 38.7 Å². The molecule has 3 aromatic carbocycles. The first kappa shape index (κ1) is 21.0. The number of aryl methyl sites for hydroxylation is 2. The van der Waals surface area contributed by atoms with E-state index >= 15 is 0 Å². The molecule has 0 aromatic heterocycles. The van der Waals surface area contributed by atoms with Crippen molar-refractivity contribution in [3.8, 4) is 0 Å². The highest BCUT2D eigenvalue weighted by atomic mass is 79.9. The minimum absolute atomic E-state index is 0.250. The van der Waals surface area contributed by atoms with Crippen LogP contribution in [0.25, 0.3) is 0 Å². The summed E-state index contributed by atoms with van der Waals surface area (Å²) in [7, 11) is 0. The molecule has 0 radical (unpaired) electrons. The third kappa shape index (κ3) is 4.75. The first-order valence-electron chi connectivity index (χ1n) is 10.0. The third-order valence-corrected chi connectivity index (χ3v) is 5.81. The van der Waals surface area contributed by atoms with E-state index in [1.54, 1.807) is 10.8 Å². The number of hydrogen-bond acceptors (Lipinski definition) is 2. The Kier molecular flexibility index (Phi) is 6.00. The quantitative estimate of drug-likeness (QED) is 0.557. The fourth-order valence-corrected chi connectivity index (χ4v) is 3.93. The SMILES string of the molecule is Cc1ccc([C@@H]2[C@H](NC(=O)c3cccc(C)c3)C(=O)N/[N+]2=C\c2ccc(Br)cc2)cc1. The smallest absolute Gasteiger partial charge is 0.304 e. The van der Waals surface area contributed by atoms with Gasteiger partial charge in [-0.2, -0.15) is 0 Å². The molecule has 0 bridgehead atoms. The van der Waals surface area contributed by atoms with Crippen LogP contribution < -0.4 is 10.7 Å². The number of nitrogens with zero attached hydrogens (tertiary/aromatic N) is 1. The van der Waals surface area contributed by atoms with E-state index in [-0.39, 0.29) is 17.9 Å². The molecule has 1 aliphatic rings. The molecule has 4 rings (SSSR count). The molecule has 1 heterocycles. The summed E-state index contributed by atoms with van der Waals surface area (Å²) in [6, 6.07) is 22.0. The summed E-state index contributed by atoms with van der Waals surface area (Å²) in [5.74, 6) is -0.522. The van der Waals surface area contributed by atoms with Gasteiger partial charge in [-0.15, -0.1) is 10.1 Å². The summed E-state index contributed by atoms with van der Waals surface area (Å²) in [6.07, 6.45) is 1.88. The van der Waals surface area contributed by atoms with Gasteiger partial charge in [0.05, 0.1) is 0 Å². The highest BCUT2D eigenvalue weighted by Gasteiger charge is 2.47. The number of carbonyl (C=O) groups excluding carboxylic acids is 2. The first-order chi connectivity index (χ1) is 14.9. The third-order valence-electron chi connectivity index (χ3n) is 5.28. The van der Waals surface area contributed by atoms with Crippen LogP contribution in [0.5, 0.6) is 0 Å². The summed E-state index contributed by atoms with van der Waals surface area (Å²) in [4.78, 5) is 25.8. The lowest BCUT2D eigenvalue weighted by atomic mass is 9.98. The van der Waals surface area contributed by atoms with E-state index in [1.807, 2.05) is 86.8 Å². The molecular formula is C25H23BrN3O2+. The van der Waals surface area contributed by atoms with Crippen LogP contribution in [0.2, 0.25) is 0 Å². The molecule has 0 saturated carbocycles. The van der Waals surface area contributed by atoms with Crippen LogP contribution >= 0.6 is 15.9 Å². The zero-order valence-corrected chi connectivity index (χ0v) is 18.9. The minimum atomic E-state index is -0.734. The van der Waals surface area contributed by atoms with Gasteiger partial charge in [-0.1, -0.05) is 63.5 Å². The van der Waals surface area contributed by atoms with Gasteiger partial charge in [-0.3, -0.25) is 9.59 Å². The second-order valence-corrected chi connectivity index (χ2v) is 8.66. The predicted octanol–water partition coefficient (Wildman–Crippen LogP) is 4.08. The van der Waals surface area contributed by atoms with Gasteiger partial charge in [0, 0.05) is 21.2 Å². The number of amides is 2. The van der Waals surface area contributed by atoms with Gasteiger partial charge in [-0.05, 0) is 50.2 Å². The lowest BCUT2D eigenvalue weighted by molar-refractivity contribution is -0.596. The second-order valence-electron chi connectivity index (χ2n) is 7.74. The Hall–Kier alpha value is -3.25. The molecule has 2 atom stereocenters. The number of hydrazone groups is 1. The lowest BCUT2D eigenvalue weighted by Crippen LogP contribution is -2.42. The van der Waals surface area contributed by atoms with Crippen molar-refractivity contribution >= 4 is 34.0 Å². The highest BCUT2D eigenvalue weighted by Crippen LogP contribution is 2.26. The number of carbonyl (C=O) groups is 2. The van der Waals surface area contributed by atoms with Crippen LogP contribution in [-0.4, -0.2) is 28.8 Å². The molecule has 2 N–H and O–H groups in total. The van der Waals surface area contributed by atoms with Crippen LogP contribution in [0.15, 0.2) is 77.3 Å². The van der Waals surface area contributed by atoms with E-state index in [9.17, 15) is 9.59 Å². The topological polar surface area (TPSA) is 61.2 Å². The Labute approximate surface area is 189 Å². The second kappa shape index (κ2) is 8.86. The van der Waals surface area contributed by atoms with Gasteiger partial charge >= 0.3 is 5.91 Å². The number of halogens is 1. The first-order valence-corrected chi connectivity index (χ1v) is 10.8. The van der Waals surface area contributed by atoms with Crippen LogP contribution in [0.4, 0.5) is 0 Å². The molecule has 6 heteroatoms. The molecule has 0 spiro atoms. The van der Waals surface area contributed by atoms with Crippen LogP contribution in [0.3, 0.4) is 0 Å². The van der Waals surface area contributed by atoms with E-state index in [1.165, 1.54) is 0 Å². The van der Waals surface area contributed by atoms with Crippen molar-refractivity contribution < 1.29 is 14.3 Å². The number of benzene rings is 3. The van der Waals surface area contributed by atoms with Gasteiger partial charge in [0.15, 0.2) is 6.04 Å². The molecule has 0 unspecified atom stereocenters. The molecule has 1 aliphatic heterocycles. The zero-order valence-electron chi connectivity index (χ0n) is 17.3. The number of rotatable bonds is 4.